The van der Waals surface area contributed by atoms with Crippen LogP contribution in [0, 0.1) is 17.6 Å². The Hall–Kier alpha value is -1.00. The van der Waals surface area contributed by atoms with E-state index >= 15 is 0 Å². The third-order valence-corrected chi connectivity index (χ3v) is 3.37. The maximum absolute atomic E-state index is 13.1. The summed E-state index contributed by atoms with van der Waals surface area (Å²) >= 11 is 0. The zero-order valence-electron chi connectivity index (χ0n) is 9.13. The fourth-order valence-corrected chi connectivity index (χ4v) is 2.21. The average molecular weight is 227 g/mol. The Bertz CT molecular complexity index is 397. The first-order valence-electron chi connectivity index (χ1n) is 5.42. The molecule has 2 rings (SSSR count). The van der Waals surface area contributed by atoms with Gasteiger partial charge in [0.2, 0.25) is 0 Å². The lowest BCUT2D eigenvalue weighted by Crippen LogP contribution is -2.46. The first kappa shape index (κ1) is 11.5. The average Bonchev–Trinajstić information content (AvgIpc) is 2.26. The summed E-state index contributed by atoms with van der Waals surface area (Å²) in [5.74, 6) is -1.81. The molecule has 1 aromatic rings. The molecule has 2 unspecified atom stereocenters. The highest BCUT2D eigenvalue weighted by Crippen LogP contribution is 2.35. The fraction of sp³-hybridized carbons (Fsp3) is 0.500. The van der Waals surface area contributed by atoms with Crippen molar-refractivity contribution in [2.24, 2.45) is 5.92 Å². The maximum Gasteiger partial charge on any atom is 0.159 e. The number of rotatable bonds is 1. The number of piperidine rings is 1. The van der Waals surface area contributed by atoms with E-state index in [0.717, 1.165) is 12.1 Å². The number of hydrogen-bond donors (Lipinski definition) is 2. The lowest BCUT2D eigenvalue weighted by atomic mass is 9.77. The van der Waals surface area contributed by atoms with Gasteiger partial charge in [0.1, 0.15) is 0 Å². The van der Waals surface area contributed by atoms with Crippen molar-refractivity contribution >= 4 is 0 Å². The van der Waals surface area contributed by atoms with Gasteiger partial charge in [-0.25, -0.2) is 8.78 Å². The van der Waals surface area contributed by atoms with Crippen LogP contribution in [0.4, 0.5) is 8.78 Å². The van der Waals surface area contributed by atoms with Gasteiger partial charge in [0.05, 0.1) is 5.60 Å². The minimum Gasteiger partial charge on any atom is -0.385 e. The Labute approximate surface area is 93.3 Å². The molecule has 1 aromatic carbocycles. The molecule has 0 radical (unpaired) electrons. The summed E-state index contributed by atoms with van der Waals surface area (Å²) in [6, 6.07) is 3.62. The van der Waals surface area contributed by atoms with Crippen molar-refractivity contribution in [3.8, 4) is 0 Å². The van der Waals surface area contributed by atoms with Gasteiger partial charge in [-0.1, -0.05) is 13.0 Å². The molecule has 16 heavy (non-hydrogen) atoms. The summed E-state index contributed by atoms with van der Waals surface area (Å²) in [5, 5.41) is 13.7. The van der Waals surface area contributed by atoms with Crippen molar-refractivity contribution in [1.82, 2.24) is 5.32 Å². The van der Waals surface area contributed by atoms with E-state index in [1.807, 2.05) is 6.92 Å². The minimum absolute atomic E-state index is 0.0221. The van der Waals surface area contributed by atoms with E-state index in [9.17, 15) is 13.9 Å². The van der Waals surface area contributed by atoms with Crippen molar-refractivity contribution in [2.45, 2.75) is 18.9 Å². The molecule has 88 valence electrons. The van der Waals surface area contributed by atoms with E-state index in [0.29, 0.717) is 25.1 Å². The Morgan fingerprint density at radius 1 is 1.38 bits per heavy atom. The van der Waals surface area contributed by atoms with Crippen LogP contribution in [0.1, 0.15) is 18.9 Å². The topological polar surface area (TPSA) is 32.3 Å². The summed E-state index contributed by atoms with van der Waals surface area (Å²) in [7, 11) is 0. The van der Waals surface area contributed by atoms with Crippen LogP contribution in [0.2, 0.25) is 0 Å². The summed E-state index contributed by atoms with van der Waals surface area (Å²) in [6.07, 6.45) is 0.513. The first-order valence-corrected chi connectivity index (χ1v) is 5.42. The van der Waals surface area contributed by atoms with Gasteiger partial charge in [0, 0.05) is 12.5 Å². The first-order chi connectivity index (χ1) is 7.54. The molecule has 1 aliphatic rings. The van der Waals surface area contributed by atoms with E-state index in [2.05, 4.69) is 5.32 Å². The third-order valence-electron chi connectivity index (χ3n) is 3.37. The van der Waals surface area contributed by atoms with E-state index in [4.69, 9.17) is 0 Å². The zero-order valence-corrected chi connectivity index (χ0v) is 9.13. The molecule has 0 saturated carbocycles. The van der Waals surface area contributed by atoms with E-state index in [1.54, 1.807) is 0 Å². The van der Waals surface area contributed by atoms with Crippen LogP contribution in [-0.4, -0.2) is 18.2 Å². The molecule has 0 aliphatic carbocycles. The summed E-state index contributed by atoms with van der Waals surface area (Å²) in [4.78, 5) is 0. The lowest BCUT2D eigenvalue weighted by molar-refractivity contribution is -0.0395. The second kappa shape index (κ2) is 4.11. The van der Waals surface area contributed by atoms with Gasteiger partial charge < -0.3 is 10.4 Å². The van der Waals surface area contributed by atoms with E-state index < -0.39 is 17.2 Å². The predicted octanol–water partition coefficient (Wildman–Crippen LogP) is 1.78. The molecule has 2 N–H and O–H groups in total. The van der Waals surface area contributed by atoms with Crippen LogP contribution in [0.5, 0.6) is 0 Å². The van der Waals surface area contributed by atoms with Gasteiger partial charge in [-0.15, -0.1) is 0 Å². The standard InChI is InChI=1S/C12H15F2NO/c1-8-7-15-5-4-12(8,16)9-2-3-10(13)11(14)6-9/h2-3,6,8,15-16H,4-5,7H2,1H3. The molecule has 1 fully saturated rings. The largest absolute Gasteiger partial charge is 0.385 e. The highest BCUT2D eigenvalue weighted by molar-refractivity contribution is 5.25. The highest BCUT2D eigenvalue weighted by Gasteiger charge is 2.37. The monoisotopic (exact) mass is 227 g/mol. The molecule has 1 aliphatic heterocycles. The number of aliphatic hydroxyl groups is 1. The molecule has 2 atom stereocenters. The van der Waals surface area contributed by atoms with E-state index in [-0.39, 0.29) is 5.92 Å². The molecule has 1 heterocycles. The second-order valence-electron chi connectivity index (χ2n) is 4.41. The number of benzene rings is 1. The normalized spacial score (nSPS) is 30.4. The van der Waals surface area contributed by atoms with Gasteiger partial charge in [-0.3, -0.25) is 0 Å². The van der Waals surface area contributed by atoms with Crippen molar-refractivity contribution in [1.29, 1.82) is 0 Å². The molecule has 0 spiro atoms. The van der Waals surface area contributed by atoms with Crippen molar-refractivity contribution in [3.63, 3.8) is 0 Å². The number of hydrogen-bond acceptors (Lipinski definition) is 2. The highest BCUT2D eigenvalue weighted by atomic mass is 19.2. The Morgan fingerprint density at radius 2 is 2.12 bits per heavy atom. The molecule has 4 heteroatoms. The second-order valence-corrected chi connectivity index (χ2v) is 4.41. The summed E-state index contributed by atoms with van der Waals surface area (Å²) in [5.41, 5.74) is -0.597. The van der Waals surface area contributed by atoms with Crippen LogP contribution < -0.4 is 5.32 Å². The maximum atomic E-state index is 13.1. The van der Waals surface area contributed by atoms with Crippen molar-refractivity contribution in [2.75, 3.05) is 13.1 Å². The molecule has 0 amide bonds. The van der Waals surface area contributed by atoms with Crippen LogP contribution in [-0.2, 0) is 5.60 Å². The third kappa shape index (κ3) is 1.83. The quantitative estimate of drug-likeness (QED) is 0.766. The SMILES string of the molecule is CC1CNCCC1(O)c1ccc(F)c(F)c1. The molecule has 2 nitrogen and oxygen atoms in total. The zero-order chi connectivity index (χ0) is 11.8. The fourth-order valence-electron chi connectivity index (χ4n) is 2.21. The van der Waals surface area contributed by atoms with Crippen molar-refractivity contribution < 1.29 is 13.9 Å². The van der Waals surface area contributed by atoms with Gasteiger partial charge in [0.25, 0.3) is 0 Å². The van der Waals surface area contributed by atoms with Gasteiger partial charge >= 0.3 is 0 Å². The molecular weight excluding hydrogens is 212 g/mol. The van der Waals surface area contributed by atoms with Crippen LogP contribution in [0.3, 0.4) is 0 Å². The van der Waals surface area contributed by atoms with Crippen LogP contribution >= 0.6 is 0 Å². The van der Waals surface area contributed by atoms with Crippen molar-refractivity contribution in [3.05, 3.63) is 35.4 Å². The Morgan fingerprint density at radius 3 is 2.75 bits per heavy atom. The Kier molecular flexibility index (Phi) is 2.95. The molecule has 0 aromatic heterocycles. The van der Waals surface area contributed by atoms with Gasteiger partial charge in [-0.2, -0.15) is 0 Å². The summed E-state index contributed by atoms with van der Waals surface area (Å²) in [6.45, 7) is 3.25. The molecular formula is C12H15F2NO. The number of halogens is 2. The minimum atomic E-state index is -1.06. The van der Waals surface area contributed by atoms with Gasteiger partial charge in [0.15, 0.2) is 11.6 Å². The van der Waals surface area contributed by atoms with Crippen LogP contribution in [0.25, 0.3) is 0 Å². The van der Waals surface area contributed by atoms with Gasteiger partial charge in [-0.05, 0) is 30.7 Å². The van der Waals surface area contributed by atoms with Crippen LogP contribution in [0.15, 0.2) is 18.2 Å². The lowest BCUT2D eigenvalue weighted by Gasteiger charge is -2.39. The number of nitrogens with one attached hydrogen (secondary N) is 1. The molecule has 1 saturated heterocycles. The molecule has 0 bridgehead atoms. The smallest absolute Gasteiger partial charge is 0.159 e. The Balaban J connectivity index is 2.37. The predicted molar refractivity (Wildman–Crippen MR) is 56.9 cm³/mol. The summed E-state index contributed by atoms with van der Waals surface area (Å²) < 4.78 is 25.9. The van der Waals surface area contributed by atoms with E-state index in [1.165, 1.54) is 6.07 Å².